The minimum atomic E-state index is 0.374. The molecule has 4 atom stereocenters. The van der Waals surface area contributed by atoms with Crippen LogP contribution >= 0.6 is 0 Å². The van der Waals surface area contributed by atoms with E-state index in [1.807, 2.05) is 0 Å². The Labute approximate surface area is 123 Å². The van der Waals surface area contributed by atoms with Crippen molar-refractivity contribution in [2.45, 2.75) is 69.2 Å². The highest BCUT2D eigenvalue weighted by molar-refractivity contribution is 4.89. The summed E-state index contributed by atoms with van der Waals surface area (Å²) in [5.74, 6) is 0. The molecule has 0 amide bonds. The van der Waals surface area contributed by atoms with Crippen molar-refractivity contribution in [2.24, 2.45) is 0 Å². The van der Waals surface area contributed by atoms with Gasteiger partial charge in [-0.25, -0.2) is 0 Å². The molecule has 4 unspecified atom stereocenters. The van der Waals surface area contributed by atoms with Crippen LogP contribution in [0.15, 0.2) is 0 Å². The molecule has 4 nitrogen and oxygen atoms in total. The Bertz CT molecular complexity index is 294. The van der Waals surface area contributed by atoms with Crippen molar-refractivity contribution in [3.8, 4) is 0 Å². The highest BCUT2D eigenvalue weighted by Gasteiger charge is 2.35. The van der Waals surface area contributed by atoms with E-state index in [-0.39, 0.29) is 0 Å². The smallest absolute Gasteiger partial charge is 0.0855 e. The van der Waals surface area contributed by atoms with Gasteiger partial charge in [-0.05, 0) is 58.5 Å². The summed E-state index contributed by atoms with van der Waals surface area (Å²) >= 11 is 0. The lowest BCUT2D eigenvalue weighted by atomic mass is 10.00. The summed E-state index contributed by atoms with van der Waals surface area (Å²) in [6.45, 7) is 4.31. The van der Waals surface area contributed by atoms with Gasteiger partial charge in [0.25, 0.3) is 0 Å². The third kappa shape index (κ3) is 3.53. The maximum atomic E-state index is 6.13. The SMILES string of the molecule is CNC(CCCC1CCCO1)C1CN2CCCC2CO1. The number of hydrogen-bond donors (Lipinski definition) is 1. The number of nitrogens with one attached hydrogen (secondary N) is 1. The first-order valence-electron chi connectivity index (χ1n) is 8.51. The van der Waals surface area contributed by atoms with Crippen molar-refractivity contribution < 1.29 is 9.47 Å². The summed E-state index contributed by atoms with van der Waals surface area (Å²) in [5.41, 5.74) is 0. The second kappa shape index (κ2) is 7.21. The molecule has 3 fully saturated rings. The van der Waals surface area contributed by atoms with Crippen molar-refractivity contribution in [1.82, 2.24) is 10.2 Å². The number of rotatable bonds is 6. The third-order valence-corrected chi connectivity index (χ3v) is 5.30. The quantitative estimate of drug-likeness (QED) is 0.805. The van der Waals surface area contributed by atoms with E-state index in [2.05, 4.69) is 17.3 Å². The molecule has 20 heavy (non-hydrogen) atoms. The minimum absolute atomic E-state index is 0.374. The van der Waals surface area contributed by atoms with E-state index in [0.29, 0.717) is 24.3 Å². The minimum Gasteiger partial charge on any atom is -0.378 e. The van der Waals surface area contributed by atoms with Gasteiger partial charge in [0.2, 0.25) is 0 Å². The summed E-state index contributed by atoms with van der Waals surface area (Å²) in [6.07, 6.45) is 9.78. The first kappa shape index (κ1) is 14.8. The lowest BCUT2D eigenvalue weighted by Crippen LogP contribution is -2.53. The number of nitrogens with zero attached hydrogens (tertiary/aromatic N) is 1. The van der Waals surface area contributed by atoms with Crippen LogP contribution < -0.4 is 5.32 Å². The molecule has 3 heterocycles. The molecule has 116 valence electrons. The Morgan fingerprint density at radius 1 is 1.25 bits per heavy atom. The van der Waals surface area contributed by atoms with E-state index < -0.39 is 0 Å². The zero-order valence-electron chi connectivity index (χ0n) is 12.9. The number of hydrogen-bond acceptors (Lipinski definition) is 4. The fraction of sp³-hybridized carbons (Fsp3) is 1.00. The van der Waals surface area contributed by atoms with Gasteiger partial charge in [0, 0.05) is 25.2 Å². The molecule has 0 saturated carbocycles. The highest BCUT2D eigenvalue weighted by Crippen LogP contribution is 2.25. The van der Waals surface area contributed by atoms with Crippen LogP contribution in [0, 0.1) is 0 Å². The third-order valence-electron chi connectivity index (χ3n) is 5.30. The maximum Gasteiger partial charge on any atom is 0.0855 e. The van der Waals surface area contributed by atoms with Crippen LogP contribution in [0.3, 0.4) is 0 Å². The molecule has 0 spiro atoms. The number of morpholine rings is 1. The lowest BCUT2D eigenvalue weighted by Gasteiger charge is -2.39. The predicted molar refractivity (Wildman–Crippen MR) is 80.0 cm³/mol. The van der Waals surface area contributed by atoms with E-state index in [4.69, 9.17) is 9.47 Å². The molecule has 3 saturated heterocycles. The van der Waals surface area contributed by atoms with Crippen molar-refractivity contribution in [2.75, 3.05) is 33.4 Å². The standard InChI is InChI=1S/C16H30N2O2/c1-17-15(8-2-6-14-7-4-10-19-14)16-11-18-9-3-5-13(18)12-20-16/h13-17H,2-12H2,1H3. The van der Waals surface area contributed by atoms with Gasteiger partial charge in [-0.3, -0.25) is 4.90 Å². The van der Waals surface area contributed by atoms with Gasteiger partial charge < -0.3 is 14.8 Å². The van der Waals surface area contributed by atoms with Gasteiger partial charge in [0.1, 0.15) is 0 Å². The van der Waals surface area contributed by atoms with Crippen LogP contribution in [0.25, 0.3) is 0 Å². The van der Waals surface area contributed by atoms with Crippen LogP contribution in [0.5, 0.6) is 0 Å². The zero-order chi connectivity index (χ0) is 13.8. The molecule has 0 radical (unpaired) electrons. The van der Waals surface area contributed by atoms with Crippen molar-refractivity contribution in [3.05, 3.63) is 0 Å². The zero-order valence-corrected chi connectivity index (χ0v) is 12.9. The van der Waals surface area contributed by atoms with Crippen LogP contribution in [0.2, 0.25) is 0 Å². The van der Waals surface area contributed by atoms with E-state index in [0.717, 1.165) is 19.8 Å². The summed E-state index contributed by atoms with van der Waals surface area (Å²) in [4.78, 5) is 2.64. The summed E-state index contributed by atoms with van der Waals surface area (Å²) < 4.78 is 11.8. The van der Waals surface area contributed by atoms with Gasteiger partial charge in [0.15, 0.2) is 0 Å². The lowest BCUT2D eigenvalue weighted by molar-refractivity contribution is -0.0651. The fourth-order valence-electron chi connectivity index (χ4n) is 4.04. The van der Waals surface area contributed by atoms with Crippen LogP contribution in [0.4, 0.5) is 0 Å². The Kier molecular flexibility index (Phi) is 5.32. The van der Waals surface area contributed by atoms with Crippen LogP contribution in [0.1, 0.15) is 44.9 Å². The summed E-state index contributed by atoms with van der Waals surface area (Å²) in [5, 5.41) is 3.48. The summed E-state index contributed by atoms with van der Waals surface area (Å²) in [7, 11) is 2.08. The molecule has 1 N–H and O–H groups in total. The molecule has 3 aliphatic rings. The summed E-state index contributed by atoms with van der Waals surface area (Å²) in [6, 6.07) is 1.20. The Morgan fingerprint density at radius 2 is 2.20 bits per heavy atom. The number of ether oxygens (including phenoxy) is 2. The van der Waals surface area contributed by atoms with Crippen LogP contribution in [-0.2, 0) is 9.47 Å². The monoisotopic (exact) mass is 282 g/mol. The molecule has 0 aromatic rings. The van der Waals surface area contributed by atoms with Crippen molar-refractivity contribution in [1.29, 1.82) is 0 Å². The van der Waals surface area contributed by atoms with Gasteiger partial charge in [-0.15, -0.1) is 0 Å². The molecule has 4 heteroatoms. The van der Waals surface area contributed by atoms with Crippen molar-refractivity contribution >= 4 is 0 Å². The van der Waals surface area contributed by atoms with Gasteiger partial charge in [0.05, 0.1) is 18.8 Å². The normalized spacial score (nSPS) is 36.1. The number of likely N-dealkylation sites (N-methyl/N-ethyl adjacent to an activating group) is 1. The predicted octanol–water partition coefficient (Wildman–Crippen LogP) is 1.79. The van der Waals surface area contributed by atoms with E-state index in [9.17, 15) is 0 Å². The van der Waals surface area contributed by atoms with Crippen molar-refractivity contribution in [3.63, 3.8) is 0 Å². The molecular formula is C16H30N2O2. The highest BCUT2D eigenvalue weighted by atomic mass is 16.5. The second-order valence-corrected chi connectivity index (χ2v) is 6.62. The van der Waals surface area contributed by atoms with E-state index in [1.165, 1.54) is 51.5 Å². The average Bonchev–Trinajstić information content (AvgIpc) is 3.13. The molecule has 0 aromatic carbocycles. The average molecular weight is 282 g/mol. The Morgan fingerprint density at radius 3 is 3.00 bits per heavy atom. The van der Waals surface area contributed by atoms with Gasteiger partial charge in [-0.2, -0.15) is 0 Å². The Hall–Kier alpha value is -0.160. The molecule has 0 aliphatic carbocycles. The van der Waals surface area contributed by atoms with Gasteiger partial charge in [-0.1, -0.05) is 0 Å². The maximum absolute atomic E-state index is 6.13. The Balaban J connectivity index is 1.41. The molecule has 3 aliphatic heterocycles. The van der Waals surface area contributed by atoms with E-state index >= 15 is 0 Å². The molecule has 0 bridgehead atoms. The molecule has 0 aromatic heterocycles. The largest absolute Gasteiger partial charge is 0.378 e. The van der Waals surface area contributed by atoms with Crippen LogP contribution in [-0.4, -0.2) is 62.5 Å². The number of fused-ring (bicyclic) bond motifs is 1. The first-order chi connectivity index (χ1) is 9.86. The van der Waals surface area contributed by atoms with E-state index in [1.54, 1.807) is 0 Å². The topological polar surface area (TPSA) is 33.7 Å². The second-order valence-electron chi connectivity index (χ2n) is 6.62. The first-order valence-corrected chi connectivity index (χ1v) is 8.51. The fourth-order valence-corrected chi connectivity index (χ4v) is 4.04. The van der Waals surface area contributed by atoms with Gasteiger partial charge >= 0.3 is 0 Å². The molecule has 3 rings (SSSR count). The molecular weight excluding hydrogens is 252 g/mol.